The van der Waals surface area contributed by atoms with Crippen molar-refractivity contribution in [3.05, 3.63) is 82.8 Å². The number of ether oxygens (including phenoxy) is 2. The summed E-state index contributed by atoms with van der Waals surface area (Å²) in [6.07, 6.45) is 1.08. The maximum atomic E-state index is 13.8. The lowest BCUT2D eigenvalue weighted by atomic mass is 9.90. The van der Waals surface area contributed by atoms with E-state index in [2.05, 4.69) is 22.9 Å². The number of nitrogens with zero attached hydrogens (tertiary/aromatic N) is 2. The number of rotatable bonds is 8. The number of hydrogen-bond acceptors (Lipinski definition) is 6. The normalized spacial score (nSPS) is 21.1. The Bertz CT molecular complexity index is 1250. The van der Waals surface area contributed by atoms with Gasteiger partial charge in [0.05, 0.1) is 35.6 Å². The fourth-order valence-electron chi connectivity index (χ4n) is 4.70. The summed E-state index contributed by atoms with van der Waals surface area (Å²) in [5, 5.41) is 1.68. The molecule has 8 heteroatoms. The van der Waals surface area contributed by atoms with Crippen LogP contribution in [0.3, 0.4) is 0 Å². The van der Waals surface area contributed by atoms with Gasteiger partial charge in [0, 0.05) is 0 Å². The molecular weight excluding hydrogens is 524 g/mol. The van der Waals surface area contributed by atoms with E-state index < -0.39 is 18.1 Å². The largest absolute Gasteiger partial charge is 0.496 e. The quantitative estimate of drug-likeness (QED) is 0.265. The predicted molar refractivity (Wildman–Crippen MR) is 140 cm³/mol. The molecule has 0 saturated carbocycles. The van der Waals surface area contributed by atoms with Gasteiger partial charge >= 0.3 is 0 Å². The zero-order chi connectivity index (χ0) is 25.2. The Labute approximate surface area is 218 Å². The Morgan fingerprint density at radius 3 is 2.36 bits per heavy atom. The van der Waals surface area contributed by atoms with Crippen molar-refractivity contribution in [2.45, 2.75) is 31.9 Å². The van der Waals surface area contributed by atoms with E-state index in [0.717, 1.165) is 28.6 Å². The van der Waals surface area contributed by atoms with E-state index in [-0.39, 0.29) is 11.8 Å². The smallest absolute Gasteiger partial charge is 0.266 e. The van der Waals surface area contributed by atoms with E-state index in [1.165, 1.54) is 4.90 Å². The monoisotopic (exact) mass is 550 g/mol. The van der Waals surface area contributed by atoms with Crippen molar-refractivity contribution in [3.8, 4) is 11.5 Å². The highest BCUT2D eigenvalue weighted by Gasteiger charge is 2.60. The molecule has 0 spiro atoms. The van der Waals surface area contributed by atoms with Crippen LogP contribution in [0.5, 0.6) is 11.5 Å². The molecule has 0 aromatic heterocycles. The summed E-state index contributed by atoms with van der Waals surface area (Å²) in [7, 11) is 1.60. The third-order valence-corrected chi connectivity index (χ3v) is 7.12. The third-order valence-electron chi connectivity index (χ3n) is 6.51. The number of hydroxylamine groups is 1. The van der Waals surface area contributed by atoms with Crippen LogP contribution in [-0.4, -0.2) is 31.6 Å². The Balaban J connectivity index is 1.48. The molecule has 36 heavy (non-hydrogen) atoms. The van der Waals surface area contributed by atoms with Crippen LogP contribution in [0.2, 0.25) is 0 Å². The number of methoxy groups -OCH3 is 1. The summed E-state index contributed by atoms with van der Waals surface area (Å²) in [4.78, 5) is 34.7. The van der Waals surface area contributed by atoms with E-state index in [1.807, 2.05) is 48.5 Å². The summed E-state index contributed by atoms with van der Waals surface area (Å²) in [5.74, 6) is 0.00953. The highest BCUT2D eigenvalue weighted by molar-refractivity contribution is 9.10. The maximum Gasteiger partial charge on any atom is 0.266 e. The van der Waals surface area contributed by atoms with Crippen molar-refractivity contribution >= 4 is 39.1 Å². The molecule has 186 valence electrons. The van der Waals surface area contributed by atoms with Crippen LogP contribution < -0.4 is 19.4 Å². The van der Waals surface area contributed by atoms with Crippen LogP contribution in [0.25, 0.3) is 0 Å². The Kier molecular flexibility index (Phi) is 6.98. The molecule has 3 aromatic rings. The summed E-state index contributed by atoms with van der Waals surface area (Å²) >= 11 is 3.55. The van der Waals surface area contributed by atoms with Crippen molar-refractivity contribution in [1.29, 1.82) is 0 Å². The molecule has 7 nitrogen and oxygen atoms in total. The van der Waals surface area contributed by atoms with Gasteiger partial charge in [0.15, 0.2) is 6.10 Å². The Morgan fingerprint density at radius 2 is 1.69 bits per heavy atom. The van der Waals surface area contributed by atoms with Gasteiger partial charge < -0.3 is 9.47 Å². The molecule has 0 N–H and O–H groups in total. The zero-order valence-electron chi connectivity index (χ0n) is 20.1. The van der Waals surface area contributed by atoms with Crippen LogP contribution in [-0.2, 0) is 14.4 Å². The first-order chi connectivity index (χ1) is 17.5. The average Bonchev–Trinajstić information content (AvgIpc) is 3.41. The molecule has 2 amide bonds. The summed E-state index contributed by atoms with van der Waals surface area (Å²) in [6, 6.07) is 21.7. The minimum absolute atomic E-state index is 0.292. The first kappa shape index (κ1) is 24.3. The number of fused-ring (bicyclic) bond motifs is 1. The van der Waals surface area contributed by atoms with Crippen LogP contribution in [0, 0.1) is 5.92 Å². The second kappa shape index (κ2) is 10.3. The fourth-order valence-corrected chi connectivity index (χ4v) is 5.26. The number of para-hydroxylation sites is 1. The lowest BCUT2D eigenvalue weighted by molar-refractivity contribution is -0.126. The molecule has 0 radical (unpaired) electrons. The molecule has 0 aliphatic carbocycles. The topological polar surface area (TPSA) is 68.3 Å². The van der Waals surface area contributed by atoms with Gasteiger partial charge in [-0.1, -0.05) is 37.6 Å². The van der Waals surface area contributed by atoms with Crippen LogP contribution in [0.15, 0.2) is 77.3 Å². The number of benzene rings is 3. The van der Waals surface area contributed by atoms with E-state index in [9.17, 15) is 9.59 Å². The SMILES string of the molecule is CCCCOc1ccc(N2C(=O)C3ON(c4ccccc4)C(c4ccc(OC)c(Br)c4)C3C2=O)cc1. The molecule has 2 aliphatic heterocycles. The molecule has 2 aliphatic rings. The molecule has 3 atom stereocenters. The second-order valence-corrected chi connectivity index (χ2v) is 9.61. The minimum Gasteiger partial charge on any atom is -0.496 e. The van der Waals surface area contributed by atoms with Gasteiger partial charge in [-0.15, -0.1) is 0 Å². The molecule has 2 fully saturated rings. The molecule has 3 aromatic carbocycles. The van der Waals surface area contributed by atoms with Crippen molar-refractivity contribution < 1.29 is 23.9 Å². The maximum absolute atomic E-state index is 13.8. The van der Waals surface area contributed by atoms with Gasteiger partial charge in [0.25, 0.3) is 5.91 Å². The number of carbonyl (C=O) groups excluding carboxylic acids is 2. The summed E-state index contributed by atoms with van der Waals surface area (Å²) in [5.41, 5.74) is 2.11. The summed E-state index contributed by atoms with van der Waals surface area (Å²) in [6.45, 7) is 2.73. The number of hydrogen-bond donors (Lipinski definition) is 0. The Morgan fingerprint density at radius 1 is 0.944 bits per heavy atom. The number of carbonyl (C=O) groups is 2. The predicted octanol–water partition coefficient (Wildman–Crippen LogP) is 5.69. The lowest BCUT2D eigenvalue weighted by Crippen LogP contribution is -2.37. The van der Waals surface area contributed by atoms with E-state index in [1.54, 1.807) is 36.4 Å². The first-order valence-electron chi connectivity index (χ1n) is 12.0. The lowest BCUT2D eigenvalue weighted by Gasteiger charge is -2.29. The third kappa shape index (κ3) is 4.35. The van der Waals surface area contributed by atoms with E-state index >= 15 is 0 Å². The number of halogens is 1. The van der Waals surface area contributed by atoms with Crippen LogP contribution in [0.4, 0.5) is 11.4 Å². The molecular formula is C28H27BrN2O5. The van der Waals surface area contributed by atoms with Crippen LogP contribution >= 0.6 is 15.9 Å². The number of amides is 2. The van der Waals surface area contributed by atoms with Crippen molar-refractivity contribution in [2.75, 3.05) is 23.7 Å². The van der Waals surface area contributed by atoms with E-state index in [4.69, 9.17) is 14.3 Å². The number of unbranched alkanes of at least 4 members (excludes halogenated alkanes) is 1. The first-order valence-corrected chi connectivity index (χ1v) is 12.8. The number of anilines is 2. The van der Waals surface area contributed by atoms with Gasteiger partial charge in [-0.25, -0.2) is 9.96 Å². The van der Waals surface area contributed by atoms with Gasteiger partial charge in [0.1, 0.15) is 17.4 Å². The zero-order valence-corrected chi connectivity index (χ0v) is 21.7. The average molecular weight is 551 g/mol. The highest BCUT2D eigenvalue weighted by atomic mass is 79.9. The van der Waals surface area contributed by atoms with Gasteiger partial charge in [0.2, 0.25) is 5.91 Å². The van der Waals surface area contributed by atoms with Crippen LogP contribution in [0.1, 0.15) is 31.4 Å². The Hall–Kier alpha value is -3.36. The van der Waals surface area contributed by atoms with Crippen molar-refractivity contribution in [3.63, 3.8) is 0 Å². The van der Waals surface area contributed by atoms with Gasteiger partial charge in [-0.05, 0) is 76.4 Å². The fraction of sp³-hybridized carbons (Fsp3) is 0.286. The standard InChI is InChI=1S/C28H27BrN2O5/c1-3-4-16-35-21-13-11-19(12-14-21)30-27(32)24-25(18-10-15-23(34-2)22(29)17-18)31(36-26(24)28(30)33)20-8-6-5-7-9-20/h5-15,17,24-26H,3-4,16H2,1-2H3. The number of imide groups is 1. The summed E-state index contributed by atoms with van der Waals surface area (Å²) < 4.78 is 11.9. The minimum atomic E-state index is -0.927. The van der Waals surface area contributed by atoms with E-state index in [0.29, 0.717) is 23.8 Å². The second-order valence-electron chi connectivity index (χ2n) is 8.76. The van der Waals surface area contributed by atoms with Crippen molar-refractivity contribution in [1.82, 2.24) is 0 Å². The molecule has 0 bridgehead atoms. The van der Waals surface area contributed by atoms with Crippen molar-refractivity contribution in [2.24, 2.45) is 5.92 Å². The van der Waals surface area contributed by atoms with Gasteiger partial charge in [-0.3, -0.25) is 14.4 Å². The molecule has 5 rings (SSSR count). The molecule has 2 saturated heterocycles. The van der Waals surface area contributed by atoms with Gasteiger partial charge in [-0.2, -0.15) is 0 Å². The highest BCUT2D eigenvalue weighted by Crippen LogP contribution is 2.48. The molecule has 2 heterocycles. The molecule has 3 unspecified atom stereocenters.